The van der Waals surface area contributed by atoms with Crippen LogP contribution < -0.4 is 10.7 Å². The van der Waals surface area contributed by atoms with E-state index in [9.17, 15) is 44.5 Å². The summed E-state index contributed by atoms with van der Waals surface area (Å²) in [7, 11) is -2.31. The van der Waals surface area contributed by atoms with Crippen LogP contribution >= 0.6 is 0 Å². The second-order valence-corrected chi connectivity index (χ2v) is 7.13. The first-order valence-corrected chi connectivity index (χ1v) is 8.80. The molecule has 14 heteroatoms. The fraction of sp³-hybridized carbons (Fsp3) is 0.167. The van der Waals surface area contributed by atoms with Gasteiger partial charge in [0.15, 0.2) is 0 Å². The van der Waals surface area contributed by atoms with Crippen LogP contribution in [0.3, 0.4) is 0 Å². The van der Waals surface area contributed by atoms with Gasteiger partial charge in [0.05, 0.1) is 11.4 Å². The van der Waals surface area contributed by atoms with E-state index >= 15 is 0 Å². The third-order valence-electron chi connectivity index (χ3n) is 5.33. The Bertz CT molecular complexity index is 1400. The summed E-state index contributed by atoms with van der Waals surface area (Å²) in [6.45, 7) is 0. The SMILES string of the molecule is OB1n2c3ccc2C(C(F)(F)F)=c2ccc(n21)=C(C(F)(F)F)C1=NC(=C3C(F)(F)F)C=C1. The van der Waals surface area contributed by atoms with Gasteiger partial charge in [-0.2, -0.15) is 39.5 Å². The summed E-state index contributed by atoms with van der Waals surface area (Å²) in [6, 6.07) is 2.92. The average molecular weight is 463 g/mol. The molecular weight excluding hydrogens is 456 g/mol. The van der Waals surface area contributed by atoms with E-state index in [1.165, 1.54) is 0 Å². The summed E-state index contributed by atoms with van der Waals surface area (Å²) >= 11 is 0. The van der Waals surface area contributed by atoms with Gasteiger partial charge >= 0.3 is 25.7 Å². The van der Waals surface area contributed by atoms with E-state index in [1.807, 2.05) is 0 Å². The molecule has 0 saturated heterocycles. The number of hydrogen-bond donors (Lipinski definition) is 1. The molecule has 0 aromatic carbocycles. The first kappa shape index (κ1) is 20.7. The number of hydrogen-bond acceptors (Lipinski definition) is 2. The van der Waals surface area contributed by atoms with E-state index < -0.39 is 75.9 Å². The number of nitrogens with zero attached hydrogens (tertiary/aromatic N) is 3. The number of fused-ring (bicyclic) bond motifs is 1. The molecule has 0 unspecified atom stereocenters. The molecule has 32 heavy (non-hydrogen) atoms. The molecule has 3 aliphatic heterocycles. The van der Waals surface area contributed by atoms with Crippen LogP contribution in [0.2, 0.25) is 0 Å². The summed E-state index contributed by atoms with van der Waals surface area (Å²) in [5.41, 5.74) is -8.14. The van der Waals surface area contributed by atoms with Gasteiger partial charge in [0.25, 0.3) is 0 Å². The third kappa shape index (κ3) is 2.68. The van der Waals surface area contributed by atoms with Gasteiger partial charge in [0, 0.05) is 22.1 Å². The number of alkyl halides is 9. The third-order valence-corrected chi connectivity index (χ3v) is 5.33. The molecule has 0 spiro atoms. The van der Waals surface area contributed by atoms with Crippen molar-refractivity contribution in [3.05, 3.63) is 64.2 Å². The number of allylic oxidation sites excluding steroid dienone is 3. The Labute approximate surface area is 171 Å². The fourth-order valence-electron chi connectivity index (χ4n) is 4.23. The summed E-state index contributed by atoms with van der Waals surface area (Å²) in [5, 5.41) is 9.10. The van der Waals surface area contributed by atoms with Crippen LogP contribution in [0.25, 0.3) is 16.7 Å². The summed E-state index contributed by atoms with van der Waals surface area (Å²) in [5.74, 6) is 0. The van der Waals surface area contributed by atoms with Crippen molar-refractivity contribution in [3.8, 4) is 0 Å². The van der Waals surface area contributed by atoms with Crippen LogP contribution in [0, 0.1) is 0 Å². The molecule has 5 rings (SSSR count). The highest BCUT2D eigenvalue weighted by Gasteiger charge is 2.49. The van der Waals surface area contributed by atoms with Crippen molar-refractivity contribution in [3.63, 3.8) is 0 Å². The van der Waals surface area contributed by atoms with Crippen molar-refractivity contribution in [2.24, 2.45) is 4.99 Å². The number of rotatable bonds is 0. The first-order valence-electron chi connectivity index (χ1n) is 8.80. The van der Waals surface area contributed by atoms with Crippen molar-refractivity contribution >= 4 is 29.6 Å². The molecule has 2 aromatic heterocycles. The molecule has 2 aromatic rings. The lowest BCUT2D eigenvalue weighted by atomic mass is 9.92. The van der Waals surface area contributed by atoms with Crippen molar-refractivity contribution in [2.45, 2.75) is 18.5 Å². The Balaban J connectivity index is 2.10. The van der Waals surface area contributed by atoms with Gasteiger partial charge < -0.3 is 14.0 Å². The summed E-state index contributed by atoms with van der Waals surface area (Å²) in [4.78, 5) is 3.51. The van der Waals surface area contributed by atoms with E-state index in [0.29, 0.717) is 21.1 Å². The lowest BCUT2D eigenvalue weighted by molar-refractivity contribution is -0.0702. The van der Waals surface area contributed by atoms with E-state index in [1.54, 1.807) is 0 Å². The van der Waals surface area contributed by atoms with E-state index in [-0.39, 0.29) is 0 Å². The maximum Gasteiger partial charge on any atom is 0.555 e. The quantitative estimate of drug-likeness (QED) is 0.474. The van der Waals surface area contributed by atoms with Crippen molar-refractivity contribution in [1.82, 2.24) is 8.96 Å². The molecule has 0 aliphatic carbocycles. The summed E-state index contributed by atoms with van der Waals surface area (Å²) in [6.07, 6.45) is -14.1. The Kier molecular flexibility index (Phi) is 3.89. The molecule has 5 heterocycles. The molecule has 1 N–H and O–H groups in total. The van der Waals surface area contributed by atoms with Gasteiger partial charge in [-0.05, 0) is 36.4 Å². The fourth-order valence-corrected chi connectivity index (χ4v) is 4.23. The van der Waals surface area contributed by atoms with Crippen LogP contribution in [-0.2, 0) is 0 Å². The van der Waals surface area contributed by atoms with Gasteiger partial charge in [-0.15, -0.1) is 0 Å². The van der Waals surface area contributed by atoms with Crippen molar-refractivity contribution in [2.75, 3.05) is 0 Å². The topological polar surface area (TPSA) is 42.5 Å². The molecule has 0 fully saturated rings. The minimum Gasteiger partial charge on any atom is -0.413 e. The van der Waals surface area contributed by atoms with E-state index in [4.69, 9.17) is 0 Å². The van der Waals surface area contributed by atoms with Crippen LogP contribution in [-0.4, -0.2) is 45.4 Å². The predicted octanol–water partition coefficient (Wildman–Crippen LogP) is 2.75. The Morgan fingerprint density at radius 2 is 1.16 bits per heavy atom. The zero-order valence-corrected chi connectivity index (χ0v) is 15.2. The maximum absolute atomic E-state index is 14.0. The number of aromatic nitrogens is 2. The lowest BCUT2D eigenvalue weighted by Gasteiger charge is -2.27. The van der Waals surface area contributed by atoms with Gasteiger partial charge in [-0.3, -0.25) is 0 Å². The molecule has 3 aliphatic rings. The Morgan fingerprint density at radius 3 is 1.69 bits per heavy atom. The molecule has 0 saturated carbocycles. The van der Waals surface area contributed by atoms with E-state index in [2.05, 4.69) is 4.99 Å². The minimum atomic E-state index is -5.21. The zero-order valence-electron chi connectivity index (χ0n) is 15.2. The molecule has 0 amide bonds. The molecule has 0 atom stereocenters. The zero-order chi connectivity index (χ0) is 23.4. The highest BCUT2D eigenvalue weighted by molar-refractivity contribution is 6.48. The largest absolute Gasteiger partial charge is 0.555 e. The van der Waals surface area contributed by atoms with Crippen LogP contribution in [0.15, 0.2) is 47.1 Å². The van der Waals surface area contributed by atoms with Crippen LogP contribution in [0.5, 0.6) is 0 Å². The Morgan fingerprint density at radius 1 is 0.656 bits per heavy atom. The lowest BCUT2D eigenvalue weighted by Crippen LogP contribution is -2.53. The number of aliphatic imine (C=N–C) groups is 1. The van der Waals surface area contributed by atoms with Gasteiger partial charge in [0.1, 0.15) is 16.7 Å². The Hall–Kier alpha value is -3.16. The van der Waals surface area contributed by atoms with Crippen LogP contribution in [0.4, 0.5) is 39.5 Å². The monoisotopic (exact) mass is 463 g/mol. The highest BCUT2D eigenvalue weighted by atomic mass is 19.4. The average Bonchev–Trinajstić information content (AvgIpc) is 3.33. The van der Waals surface area contributed by atoms with Crippen molar-refractivity contribution < 1.29 is 44.5 Å². The molecule has 4 bridgehead atoms. The normalized spacial score (nSPS) is 18.1. The minimum absolute atomic E-state index is 0.315. The van der Waals surface area contributed by atoms with Gasteiger partial charge in [0.2, 0.25) is 0 Å². The van der Waals surface area contributed by atoms with Crippen molar-refractivity contribution in [1.29, 1.82) is 0 Å². The molecule has 4 nitrogen and oxygen atoms in total. The second-order valence-electron chi connectivity index (χ2n) is 7.13. The van der Waals surface area contributed by atoms with E-state index in [0.717, 1.165) is 24.3 Å². The molecule has 0 radical (unpaired) electrons. The predicted molar refractivity (Wildman–Crippen MR) is 94.5 cm³/mol. The van der Waals surface area contributed by atoms with Crippen LogP contribution in [0.1, 0.15) is 11.4 Å². The summed E-state index contributed by atoms with van der Waals surface area (Å²) < 4.78 is 126. The maximum atomic E-state index is 14.0. The molecule has 166 valence electrons. The second kappa shape index (κ2) is 6.00. The smallest absolute Gasteiger partial charge is 0.413 e. The van der Waals surface area contributed by atoms with Gasteiger partial charge in [-0.1, -0.05) is 0 Å². The number of halogens is 9. The van der Waals surface area contributed by atoms with Gasteiger partial charge in [-0.25, -0.2) is 4.99 Å². The standard InChI is InChI=1S/C18H7BF9N3O/c20-16(21,22)13-7-1-2-8(29-7)14(17(23,24)25)10-4-6-12-15(18(26,27)28)11-5-3-9(13)30(11)19(32)31(10)12/h1-6,32H. The first-order chi connectivity index (χ1) is 14.7. The molecular formula is C18H7BF9N3O. The highest BCUT2D eigenvalue weighted by Crippen LogP contribution is 2.43.